The van der Waals surface area contributed by atoms with Gasteiger partial charge < -0.3 is 15.7 Å². The standard InChI is InChI=1S/C15H21N3O3/c19-14(8-9-15(20)21)18-13-7-6-12(10-16-13)17-11-4-2-1-3-5-11/h6-7,10-11,17H,1-5,8-9H2,(H,20,21)(H,16,18,19). The minimum Gasteiger partial charge on any atom is -0.481 e. The molecule has 0 aliphatic heterocycles. The number of hydrogen-bond donors (Lipinski definition) is 3. The fraction of sp³-hybridized carbons (Fsp3) is 0.533. The molecule has 0 saturated heterocycles. The Morgan fingerprint density at radius 3 is 2.57 bits per heavy atom. The molecule has 3 N–H and O–H groups in total. The zero-order valence-electron chi connectivity index (χ0n) is 12.0. The van der Waals surface area contributed by atoms with E-state index in [-0.39, 0.29) is 18.7 Å². The van der Waals surface area contributed by atoms with E-state index in [2.05, 4.69) is 15.6 Å². The lowest BCUT2D eigenvalue weighted by atomic mass is 9.95. The molecule has 1 amide bonds. The normalized spacial score (nSPS) is 15.4. The third kappa shape index (κ3) is 5.41. The van der Waals surface area contributed by atoms with Crippen LogP contribution in [0.2, 0.25) is 0 Å². The van der Waals surface area contributed by atoms with Gasteiger partial charge in [-0.1, -0.05) is 19.3 Å². The molecule has 1 aromatic heterocycles. The van der Waals surface area contributed by atoms with Crippen LogP contribution in [-0.2, 0) is 9.59 Å². The predicted octanol–water partition coefficient (Wildman–Crippen LogP) is 2.63. The van der Waals surface area contributed by atoms with Gasteiger partial charge in [0.1, 0.15) is 5.82 Å². The van der Waals surface area contributed by atoms with Crippen molar-refractivity contribution >= 4 is 23.4 Å². The molecule has 21 heavy (non-hydrogen) atoms. The molecule has 1 aliphatic carbocycles. The van der Waals surface area contributed by atoms with Gasteiger partial charge in [0.2, 0.25) is 5.91 Å². The topological polar surface area (TPSA) is 91.3 Å². The summed E-state index contributed by atoms with van der Waals surface area (Å²) in [5.74, 6) is -0.873. The molecule has 0 unspecified atom stereocenters. The van der Waals surface area contributed by atoms with Gasteiger partial charge in [-0.15, -0.1) is 0 Å². The number of hydrogen-bond acceptors (Lipinski definition) is 4. The molecule has 0 radical (unpaired) electrons. The number of anilines is 2. The van der Waals surface area contributed by atoms with Crippen LogP contribution in [0.3, 0.4) is 0 Å². The second-order valence-corrected chi connectivity index (χ2v) is 5.35. The number of carboxylic acids is 1. The molecule has 114 valence electrons. The van der Waals surface area contributed by atoms with Crippen LogP contribution in [0.25, 0.3) is 0 Å². The summed E-state index contributed by atoms with van der Waals surface area (Å²) in [7, 11) is 0. The predicted molar refractivity (Wildman–Crippen MR) is 80.2 cm³/mol. The number of carbonyl (C=O) groups is 2. The van der Waals surface area contributed by atoms with E-state index in [1.54, 1.807) is 12.3 Å². The van der Waals surface area contributed by atoms with E-state index >= 15 is 0 Å². The van der Waals surface area contributed by atoms with Crippen molar-refractivity contribution in [2.75, 3.05) is 10.6 Å². The van der Waals surface area contributed by atoms with Crippen LogP contribution >= 0.6 is 0 Å². The summed E-state index contributed by atoms with van der Waals surface area (Å²) in [5.41, 5.74) is 0.949. The number of carboxylic acid groups (broad SMARTS) is 1. The largest absolute Gasteiger partial charge is 0.481 e. The molecule has 1 heterocycles. The van der Waals surface area contributed by atoms with E-state index in [0.29, 0.717) is 11.9 Å². The van der Waals surface area contributed by atoms with Gasteiger partial charge in [-0.05, 0) is 25.0 Å². The molecule has 1 saturated carbocycles. The number of carbonyl (C=O) groups excluding carboxylic acids is 1. The van der Waals surface area contributed by atoms with Crippen molar-refractivity contribution in [1.82, 2.24) is 4.98 Å². The lowest BCUT2D eigenvalue weighted by Gasteiger charge is -2.23. The van der Waals surface area contributed by atoms with Crippen LogP contribution < -0.4 is 10.6 Å². The van der Waals surface area contributed by atoms with Gasteiger partial charge in [0.25, 0.3) is 0 Å². The second kappa shape index (κ2) is 7.61. The molecule has 0 aromatic carbocycles. The summed E-state index contributed by atoms with van der Waals surface area (Å²) in [4.78, 5) is 26.0. The van der Waals surface area contributed by atoms with E-state index in [1.165, 1.54) is 32.1 Å². The third-order valence-corrected chi connectivity index (χ3v) is 3.57. The molecule has 1 fully saturated rings. The molecular weight excluding hydrogens is 270 g/mol. The second-order valence-electron chi connectivity index (χ2n) is 5.35. The van der Waals surface area contributed by atoms with Crippen molar-refractivity contribution in [3.05, 3.63) is 18.3 Å². The number of nitrogens with one attached hydrogen (secondary N) is 2. The van der Waals surface area contributed by atoms with Crippen LogP contribution in [0, 0.1) is 0 Å². The van der Waals surface area contributed by atoms with E-state index in [0.717, 1.165) is 5.69 Å². The first kappa shape index (κ1) is 15.3. The molecule has 6 heteroatoms. The molecule has 0 bridgehead atoms. The van der Waals surface area contributed by atoms with E-state index in [1.807, 2.05) is 6.07 Å². The Kier molecular flexibility index (Phi) is 5.54. The van der Waals surface area contributed by atoms with Gasteiger partial charge >= 0.3 is 5.97 Å². The SMILES string of the molecule is O=C(O)CCC(=O)Nc1ccc(NC2CCCCC2)cn1. The van der Waals surface area contributed by atoms with Gasteiger partial charge in [0.05, 0.1) is 18.3 Å². The van der Waals surface area contributed by atoms with Crippen molar-refractivity contribution in [3.63, 3.8) is 0 Å². The smallest absolute Gasteiger partial charge is 0.303 e. The van der Waals surface area contributed by atoms with E-state index in [9.17, 15) is 9.59 Å². The number of amides is 1. The highest BCUT2D eigenvalue weighted by Crippen LogP contribution is 2.21. The van der Waals surface area contributed by atoms with Crippen LogP contribution in [0.5, 0.6) is 0 Å². The number of nitrogens with zero attached hydrogens (tertiary/aromatic N) is 1. The first-order valence-corrected chi connectivity index (χ1v) is 7.38. The van der Waals surface area contributed by atoms with Crippen LogP contribution in [0.1, 0.15) is 44.9 Å². The highest BCUT2D eigenvalue weighted by atomic mass is 16.4. The minimum atomic E-state index is -0.981. The maximum atomic E-state index is 11.5. The van der Waals surface area contributed by atoms with E-state index in [4.69, 9.17) is 5.11 Å². The first-order chi connectivity index (χ1) is 10.1. The number of aromatic nitrogens is 1. The van der Waals surface area contributed by atoms with Crippen LogP contribution in [0.15, 0.2) is 18.3 Å². The van der Waals surface area contributed by atoms with Gasteiger partial charge in [0.15, 0.2) is 0 Å². The minimum absolute atomic E-state index is 0.0426. The maximum Gasteiger partial charge on any atom is 0.303 e. The van der Waals surface area contributed by atoms with Gasteiger partial charge in [-0.2, -0.15) is 0 Å². The zero-order chi connectivity index (χ0) is 15.1. The molecule has 6 nitrogen and oxygen atoms in total. The van der Waals surface area contributed by atoms with Crippen molar-refractivity contribution < 1.29 is 14.7 Å². The lowest BCUT2D eigenvalue weighted by Crippen LogP contribution is -2.22. The van der Waals surface area contributed by atoms with Crippen molar-refractivity contribution in [1.29, 1.82) is 0 Å². The summed E-state index contributed by atoms with van der Waals surface area (Å²) in [5, 5.41) is 14.6. The maximum absolute atomic E-state index is 11.5. The van der Waals surface area contributed by atoms with Crippen LogP contribution in [-0.4, -0.2) is 28.0 Å². The average Bonchev–Trinajstić information content (AvgIpc) is 2.48. The van der Waals surface area contributed by atoms with E-state index < -0.39 is 5.97 Å². The molecule has 1 aliphatic rings. The summed E-state index contributed by atoms with van der Waals surface area (Å²) < 4.78 is 0. The van der Waals surface area contributed by atoms with Crippen molar-refractivity contribution in [2.24, 2.45) is 0 Å². The molecular formula is C15H21N3O3. The average molecular weight is 291 g/mol. The van der Waals surface area contributed by atoms with Crippen molar-refractivity contribution in [3.8, 4) is 0 Å². The Morgan fingerprint density at radius 1 is 1.19 bits per heavy atom. The zero-order valence-corrected chi connectivity index (χ0v) is 12.0. The van der Waals surface area contributed by atoms with Gasteiger partial charge in [0, 0.05) is 12.5 Å². The van der Waals surface area contributed by atoms with Crippen LogP contribution in [0.4, 0.5) is 11.5 Å². The summed E-state index contributed by atoms with van der Waals surface area (Å²) in [6, 6.07) is 4.12. The summed E-state index contributed by atoms with van der Waals surface area (Å²) in [6.45, 7) is 0. The Bertz CT molecular complexity index is 481. The lowest BCUT2D eigenvalue weighted by molar-refractivity contribution is -0.138. The molecule has 0 spiro atoms. The highest BCUT2D eigenvalue weighted by Gasteiger charge is 2.13. The van der Waals surface area contributed by atoms with Gasteiger partial charge in [-0.25, -0.2) is 4.98 Å². The molecule has 2 rings (SSSR count). The number of aliphatic carboxylic acids is 1. The van der Waals surface area contributed by atoms with Crippen molar-refractivity contribution in [2.45, 2.75) is 51.0 Å². The monoisotopic (exact) mass is 291 g/mol. The fourth-order valence-electron chi connectivity index (χ4n) is 2.46. The number of pyridine rings is 1. The van der Waals surface area contributed by atoms with Gasteiger partial charge in [-0.3, -0.25) is 9.59 Å². The fourth-order valence-corrected chi connectivity index (χ4v) is 2.46. The first-order valence-electron chi connectivity index (χ1n) is 7.38. The quantitative estimate of drug-likeness (QED) is 0.749. The Morgan fingerprint density at radius 2 is 1.95 bits per heavy atom. The Hall–Kier alpha value is -2.11. The molecule has 1 aromatic rings. The summed E-state index contributed by atoms with van der Waals surface area (Å²) >= 11 is 0. The number of rotatable bonds is 6. The Balaban J connectivity index is 1.80. The molecule has 0 atom stereocenters. The highest BCUT2D eigenvalue weighted by molar-refractivity contribution is 5.91. The Labute approximate surface area is 124 Å². The third-order valence-electron chi connectivity index (χ3n) is 3.57. The summed E-state index contributed by atoms with van der Waals surface area (Å²) in [6.07, 6.45) is 7.71.